The van der Waals surface area contributed by atoms with Crippen LogP contribution in [0, 0.1) is 32.4 Å². The van der Waals surface area contributed by atoms with Crippen LogP contribution in [0.15, 0.2) is 170 Å². The van der Waals surface area contributed by atoms with Crippen LogP contribution in [0.3, 0.4) is 0 Å². The number of halogens is 2. The normalized spacial score (nSPS) is 11.8. The van der Waals surface area contributed by atoms with Gasteiger partial charge in [-0.05, 0) is 138 Å². The Morgan fingerprint density at radius 2 is 0.596 bits per heavy atom. The molecule has 0 radical (unpaired) electrons. The van der Waals surface area contributed by atoms with Crippen molar-refractivity contribution in [1.82, 2.24) is 0 Å². The topological polar surface area (TPSA) is 3.24 Å². The number of hydrogen-bond acceptors (Lipinski definition) is 1. The van der Waals surface area contributed by atoms with Crippen LogP contribution in [0.1, 0.15) is 50.1 Å². The maximum Gasteiger partial charge on any atom is 0.123 e. The molecule has 1 nitrogen and oxygen atoms in total. The molecule has 0 atom stereocenters. The summed E-state index contributed by atoms with van der Waals surface area (Å²) in [7, 11) is 0. The van der Waals surface area contributed by atoms with Crippen molar-refractivity contribution in [3.63, 3.8) is 0 Å². The molecule has 0 bridgehead atoms. The van der Waals surface area contributed by atoms with Crippen molar-refractivity contribution in [3.8, 4) is 0 Å². The fraction of sp³-hybridized carbons (Fsp3) is 0.0612. The van der Waals surface area contributed by atoms with Gasteiger partial charge < -0.3 is 4.90 Å². The highest BCUT2D eigenvalue weighted by atomic mass is 19.1. The number of hydrogen-bond donors (Lipinski definition) is 0. The molecular formula is C49H39F2N. The number of anilines is 3. The molecule has 0 unspecified atom stereocenters. The summed E-state index contributed by atoms with van der Waals surface area (Å²) < 4.78 is 27.7. The molecule has 0 spiro atoms. The fourth-order valence-electron chi connectivity index (χ4n) is 6.31. The molecule has 0 N–H and O–H groups in total. The van der Waals surface area contributed by atoms with E-state index in [1.54, 1.807) is 0 Å². The summed E-state index contributed by atoms with van der Waals surface area (Å²) in [4.78, 5) is 2.25. The molecule has 7 rings (SSSR count). The first-order valence-corrected chi connectivity index (χ1v) is 17.5. The van der Waals surface area contributed by atoms with Gasteiger partial charge in [0.1, 0.15) is 11.6 Å². The molecule has 0 aliphatic heterocycles. The molecule has 254 valence electrons. The van der Waals surface area contributed by atoms with Crippen LogP contribution >= 0.6 is 0 Å². The van der Waals surface area contributed by atoms with Crippen molar-refractivity contribution >= 4 is 40.4 Å². The first-order chi connectivity index (χ1) is 25.3. The Morgan fingerprint density at radius 3 is 0.904 bits per heavy atom. The molecule has 0 amide bonds. The first kappa shape index (κ1) is 34.1. The van der Waals surface area contributed by atoms with Crippen molar-refractivity contribution in [1.29, 1.82) is 0 Å². The van der Waals surface area contributed by atoms with Crippen molar-refractivity contribution < 1.29 is 8.78 Å². The molecular weight excluding hydrogens is 641 g/mol. The molecule has 52 heavy (non-hydrogen) atoms. The molecule has 3 heteroatoms. The monoisotopic (exact) mass is 679 g/mol. The molecule has 0 saturated carbocycles. The van der Waals surface area contributed by atoms with E-state index in [1.807, 2.05) is 24.3 Å². The van der Waals surface area contributed by atoms with Gasteiger partial charge in [0.25, 0.3) is 0 Å². The summed E-state index contributed by atoms with van der Waals surface area (Å²) in [6.45, 7) is 6.24. The maximum absolute atomic E-state index is 13.9. The molecule has 7 aromatic carbocycles. The number of rotatable bonds is 9. The third-order valence-electron chi connectivity index (χ3n) is 9.25. The molecule has 7 aromatic rings. The second-order valence-electron chi connectivity index (χ2n) is 13.2. The first-order valence-electron chi connectivity index (χ1n) is 17.5. The number of benzene rings is 7. The van der Waals surface area contributed by atoms with E-state index < -0.39 is 0 Å². The lowest BCUT2D eigenvalue weighted by atomic mass is 9.95. The van der Waals surface area contributed by atoms with Crippen molar-refractivity contribution in [2.75, 3.05) is 4.90 Å². The predicted octanol–water partition coefficient (Wildman–Crippen LogP) is 13.5. The van der Waals surface area contributed by atoms with Gasteiger partial charge in [0.15, 0.2) is 0 Å². The van der Waals surface area contributed by atoms with E-state index in [0.29, 0.717) is 0 Å². The van der Waals surface area contributed by atoms with Crippen molar-refractivity contribution in [2.45, 2.75) is 20.8 Å². The summed E-state index contributed by atoms with van der Waals surface area (Å²) >= 11 is 0. The Kier molecular flexibility index (Phi) is 10.0. The summed E-state index contributed by atoms with van der Waals surface area (Å²) in [6.07, 6.45) is 4.32. The highest BCUT2D eigenvalue weighted by Crippen LogP contribution is 2.36. The van der Waals surface area contributed by atoms with Crippen LogP contribution in [-0.4, -0.2) is 0 Å². The Hall–Kier alpha value is -6.32. The van der Waals surface area contributed by atoms with Crippen molar-refractivity contribution in [2.24, 2.45) is 0 Å². The van der Waals surface area contributed by atoms with E-state index in [4.69, 9.17) is 0 Å². The Balaban J connectivity index is 1.25. The SMILES string of the molecule is Cc1ccc(C(=Cc2ccc(N(c3ccc(C)cc3)c3ccc(C=C(c4ccc(C)cc4)c4ccc(F)cc4)cc3)cc2)c2ccc(F)cc2)cc1. The van der Waals surface area contributed by atoms with Gasteiger partial charge in [-0.1, -0.05) is 126 Å². The van der Waals surface area contributed by atoms with Gasteiger partial charge >= 0.3 is 0 Å². The van der Waals surface area contributed by atoms with Crippen LogP contribution in [0.2, 0.25) is 0 Å². The number of aryl methyl sites for hydroxylation is 3. The van der Waals surface area contributed by atoms with E-state index in [2.05, 4.69) is 159 Å². The minimum Gasteiger partial charge on any atom is -0.311 e. The quantitative estimate of drug-likeness (QED) is 0.137. The predicted molar refractivity (Wildman–Crippen MR) is 215 cm³/mol. The van der Waals surface area contributed by atoms with Gasteiger partial charge in [-0.2, -0.15) is 0 Å². The molecule has 0 fully saturated rings. The minimum atomic E-state index is -0.254. The zero-order valence-electron chi connectivity index (χ0n) is 29.5. The van der Waals surface area contributed by atoms with Gasteiger partial charge in [0.2, 0.25) is 0 Å². The lowest BCUT2D eigenvalue weighted by Crippen LogP contribution is -2.09. The summed E-state index contributed by atoms with van der Waals surface area (Å²) in [5.74, 6) is -0.507. The van der Waals surface area contributed by atoms with Crippen molar-refractivity contribution in [3.05, 3.63) is 232 Å². The van der Waals surface area contributed by atoms with E-state index in [9.17, 15) is 8.78 Å². The Morgan fingerprint density at radius 1 is 0.346 bits per heavy atom. The van der Waals surface area contributed by atoms with Gasteiger partial charge in [0.05, 0.1) is 0 Å². The van der Waals surface area contributed by atoms with Crippen LogP contribution in [0.25, 0.3) is 23.3 Å². The maximum atomic E-state index is 13.9. The fourth-order valence-corrected chi connectivity index (χ4v) is 6.31. The zero-order valence-corrected chi connectivity index (χ0v) is 29.5. The summed E-state index contributed by atoms with van der Waals surface area (Å²) in [5, 5.41) is 0. The second-order valence-corrected chi connectivity index (χ2v) is 13.2. The molecule has 0 heterocycles. The van der Waals surface area contributed by atoms with Crippen LogP contribution in [-0.2, 0) is 0 Å². The molecule has 0 aromatic heterocycles. The van der Waals surface area contributed by atoms with Gasteiger partial charge in [-0.25, -0.2) is 8.78 Å². The highest BCUT2D eigenvalue weighted by molar-refractivity contribution is 5.93. The van der Waals surface area contributed by atoms with Crippen LogP contribution in [0.4, 0.5) is 25.8 Å². The van der Waals surface area contributed by atoms with Crippen LogP contribution < -0.4 is 4.90 Å². The largest absolute Gasteiger partial charge is 0.311 e. The number of nitrogens with zero attached hydrogens (tertiary/aromatic N) is 1. The van der Waals surface area contributed by atoms with E-state index in [0.717, 1.165) is 61.6 Å². The average molecular weight is 680 g/mol. The minimum absolute atomic E-state index is 0.254. The summed E-state index contributed by atoms with van der Waals surface area (Å²) in [6, 6.07) is 55.8. The molecule has 0 aliphatic carbocycles. The van der Waals surface area contributed by atoms with Gasteiger partial charge in [0, 0.05) is 17.1 Å². The zero-order chi connectivity index (χ0) is 36.0. The third-order valence-corrected chi connectivity index (χ3v) is 9.25. The molecule has 0 aliphatic rings. The van der Waals surface area contributed by atoms with Gasteiger partial charge in [-0.15, -0.1) is 0 Å². The smallest absolute Gasteiger partial charge is 0.123 e. The third kappa shape index (κ3) is 8.01. The lowest BCUT2D eigenvalue weighted by molar-refractivity contribution is 0.627. The van der Waals surface area contributed by atoms with E-state index in [1.165, 1.54) is 41.0 Å². The Bertz CT molecular complexity index is 2070. The lowest BCUT2D eigenvalue weighted by Gasteiger charge is -2.26. The second kappa shape index (κ2) is 15.3. The molecule has 0 saturated heterocycles. The van der Waals surface area contributed by atoms with Crippen LogP contribution in [0.5, 0.6) is 0 Å². The van der Waals surface area contributed by atoms with Gasteiger partial charge in [-0.3, -0.25) is 0 Å². The highest BCUT2D eigenvalue weighted by Gasteiger charge is 2.14. The Labute approximate surface area is 305 Å². The average Bonchev–Trinajstić information content (AvgIpc) is 3.17. The summed E-state index contributed by atoms with van der Waals surface area (Å²) in [5.41, 5.74) is 14.8. The van der Waals surface area contributed by atoms with E-state index in [-0.39, 0.29) is 11.6 Å². The van der Waals surface area contributed by atoms with E-state index >= 15 is 0 Å². The standard InChI is InChI=1S/C49H39F2N/c1-34-4-14-39(15-5-34)48(41-18-22-43(50)23-19-41)32-37-10-28-46(29-11-37)52(45-26-8-36(3)9-27-45)47-30-12-38(13-31-47)33-49(40-16-6-35(2)7-17-40)42-20-24-44(51)25-21-42/h4-33H,1-3H3.